The van der Waals surface area contributed by atoms with Crippen molar-refractivity contribution in [1.82, 2.24) is 0 Å². The fourth-order valence-electron chi connectivity index (χ4n) is 8.95. The second-order valence-electron chi connectivity index (χ2n) is 20.9. The van der Waals surface area contributed by atoms with Crippen LogP contribution in [0.25, 0.3) is 0 Å². The molecule has 0 aliphatic carbocycles. The van der Waals surface area contributed by atoms with Crippen molar-refractivity contribution in [2.45, 2.75) is 302 Å². The molecule has 436 valence electrons. The number of hydrogen-bond acceptors (Lipinski definition) is 8. The van der Waals surface area contributed by atoms with Crippen LogP contribution in [0.15, 0.2) is 72.9 Å². The number of rotatable bonds is 59. The highest BCUT2D eigenvalue weighted by Crippen LogP contribution is 2.43. The Morgan fingerprint density at radius 2 is 0.733 bits per heavy atom. The molecule has 0 aliphatic heterocycles. The molecule has 0 aliphatic rings. The van der Waals surface area contributed by atoms with Gasteiger partial charge in [-0.1, -0.05) is 273 Å². The number of nitrogens with two attached hydrogens (primary N) is 1. The van der Waals surface area contributed by atoms with Crippen molar-refractivity contribution in [3.05, 3.63) is 72.9 Å². The van der Waals surface area contributed by atoms with Crippen LogP contribution in [0.5, 0.6) is 0 Å². The Balaban J connectivity index is 3.83. The van der Waals surface area contributed by atoms with E-state index in [9.17, 15) is 19.0 Å². The predicted molar refractivity (Wildman–Crippen MR) is 321 cm³/mol. The first kappa shape index (κ1) is 72.5. The zero-order valence-electron chi connectivity index (χ0n) is 48.8. The van der Waals surface area contributed by atoms with Crippen molar-refractivity contribution in [2.75, 3.05) is 26.4 Å². The van der Waals surface area contributed by atoms with Gasteiger partial charge in [0.15, 0.2) is 6.10 Å². The molecule has 2 atom stereocenters. The van der Waals surface area contributed by atoms with Crippen molar-refractivity contribution in [2.24, 2.45) is 5.73 Å². The minimum absolute atomic E-state index is 0.0529. The topological polar surface area (TPSA) is 134 Å². The van der Waals surface area contributed by atoms with Gasteiger partial charge in [-0.3, -0.25) is 18.6 Å². The van der Waals surface area contributed by atoms with E-state index in [1.165, 1.54) is 186 Å². The highest BCUT2D eigenvalue weighted by atomic mass is 31.2. The number of carbonyl (C=O) groups excluding carboxylic acids is 2. The van der Waals surface area contributed by atoms with Gasteiger partial charge in [0.05, 0.1) is 13.2 Å². The summed E-state index contributed by atoms with van der Waals surface area (Å²) in [7, 11) is -4.39. The van der Waals surface area contributed by atoms with E-state index in [1.807, 2.05) is 0 Å². The Morgan fingerprint density at radius 1 is 0.413 bits per heavy atom. The van der Waals surface area contributed by atoms with Gasteiger partial charge in [-0.2, -0.15) is 0 Å². The third kappa shape index (κ3) is 60.5. The summed E-state index contributed by atoms with van der Waals surface area (Å²) in [6.07, 6.45) is 78.4. The molecule has 0 rings (SSSR count). The van der Waals surface area contributed by atoms with Gasteiger partial charge in [0.1, 0.15) is 6.61 Å². The zero-order valence-corrected chi connectivity index (χ0v) is 49.7. The average Bonchev–Trinajstić information content (AvgIpc) is 3.40. The van der Waals surface area contributed by atoms with Gasteiger partial charge in [-0.15, -0.1) is 0 Å². The largest absolute Gasteiger partial charge is 0.472 e. The molecule has 9 nitrogen and oxygen atoms in total. The molecule has 10 heteroatoms. The first-order valence-electron chi connectivity index (χ1n) is 31.4. The summed E-state index contributed by atoms with van der Waals surface area (Å²) in [5, 5.41) is 0. The number of phosphoric acid groups is 1. The summed E-state index contributed by atoms with van der Waals surface area (Å²) in [5.41, 5.74) is 5.39. The molecule has 0 radical (unpaired) electrons. The molecule has 0 aromatic carbocycles. The smallest absolute Gasteiger partial charge is 0.462 e. The molecule has 0 saturated carbocycles. The van der Waals surface area contributed by atoms with E-state index < -0.39 is 26.5 Å². The van der Waals surface area contributed by atoms with Crippen LogP contribution in [-0.2, 0) is 32.7 Å². The van der Waals surface area contributed by atoms with Gasteiger partial charge >= 0.3 is 19.8 Å². The molecule has 0 aromatic rings. The molecule has 0 bridgehead atoms. The highest BCUT2D eigenvalue weighted by molar-refractivity contribution is 7.47. The lowest BCUT2D eigenvalue weighted by atomic mass is 10.0. The molecule has 2 unspecified atom stereocenters. The Bertz CT molecular complexity index is 1460. The van der Waals surface area contributed by atoms with Crippen molar-refractivity contribution < 1.29 is 37.6 Å². The summed E-state index contributed by atoms with van der Waals surface area (Å²) in [6, 6.07) is 0. The maximum Gasteiger partial charge on any atom is 0.472 e. The van der Waals surface area contributed by atoms with Crippen LogP contribution in [-0.4, -0.2) is 49.3 Å². The normalized spacial score (nSPS) is 13.5. The highest BCUT2D eigenvalue weighted by Gasteiger charge is 2.26. The van der Waals surface area contributed by atoms with Gasteiger partial charge in [0.25, 0.3) is 0 Å². The number of hydrogen-bond donors (Lipinski definition) is 2. The second kappa shape index (κ2) is 60.7. The molecular weight excluding hydrogens is 954 g/mol. The van der Waals surface area contributed by atoms with Gasteiger partial charge < -0.3 is 20.1 Å². The van der Waals surface area contributed by atoms with Crippen LogP contribution in [0, 0.1) is 0 Å². The SMILES string of the molecule is CC/C=C\C/C=C\C/C=C\C/C=C\C/C=C\CCCCCCCCCCCCCCCCCCCCCCCC(=O)OC(COC(=O)CCCCCCCCC/C=C\CCCCCCCC)COP(=O)(O)OCCN. The summed E-state index contributed by atoms with van der Waals surface area (Å²) in [5.74, 6) is -0.821. The van der Waals surface area contributed by atoms with Crippen molar-refractivity contribution >= 4 is 19.8 Å². The molecule has 0 fully saturated rings. The van der Waals surface area contributed by atoms with Crippen molar-refractivity contribution in [3.63, 3.8) is 0 Å². The van der Waals surface area contributed by atoms with E-state index in [0.29, 0.717) is 6.42 Å². The number of carbonyl (C=O) groups is 2. The van der Waals surface area contributed by atoms with Crippen LogP contribution < -0.4 is 5.73 Å². The summed E-state index contributed by atoms with van der Waals surface area (Å²) in [4.78, 5) is 35.2. The minimum Gasteiger partial charge on any atom is -0.462 e. The van der Waals surface area contributed by atoms with E-state index in [0.717, 1.165) is 77.0 Å². The Labute approximate surface area is 462 Å². The van der Waals surface area contributed by atoms with Gasteiger partial charge in [0.2, 0.25) is 0 Å². The van der Waals surface area contributed by atoms with Crippen LogP contribution in [0.4, 0.5) is 0 Å². The van der Waals surface area contributed by atoms with E-state index in [4.69, 9.17) is 24.3 Å². The van der Waals surface area contributed by atoms with Crippen LogP contribution >= 0.6 is 7.82 Å². The van der Waals surface area contributed by atoms with E-state index >= 15 is 0 Å². The minimum atomic E-state index is -4.39. The molecule has 3 N–H and O–H groups in total. The quantitative estimate of drug-likeness (QED) is 0.0264. The maximum absolute atomic E-state index is 12.7. The van der Waals surface area contributed by atoms with E-state index in [2.05, 4.69) is 86.8 Å². The Hall–Kier alpha value is -2.55. The van der Waals surface area contributed by atoms with Crippen LogP contribution in [0.2, 0.25) is 0 Å². The van der Waals surface area contributed by atoms with Crippen molar-refractivity contribution in [1.29, 1.82) is 0 Å². The van der Waals surface area contributed by atoms with E-state index in [1.54, 1.807) is 0 Å². The van der Waals surface area contributed by atoms with Gasteiger partial charge in [-0.25, -0.2) is 4.57 Å². The lowest BCUT2D eigenvalue weighted by molar-refractivity contribution is -0.161. The maximum atomic E-state index is 12.7. The fraction of sp³-hybridized carbons (Fsp3) is 0.785. The predicted octanol–water partition coefficient (Wildman–Crippen LogP) is 20.1. The fourth-order valence-corrected chi connectivity index (χ4v) is 9.72. The Morgan fingerprint density at radius 3 is 1.11 bits per heavy atom. The second-order valence-corrected chi connectivity index (χ2v) is 22.3. The summed E-state index contributed by atoms with van der Waals surface area (Å²) >= 11 is 0. The molecule has 0 aromatic heterocycles. The Kier molecular flexibility index (Phi) is 58.6. The molecular formula is C65H118NO8P. The van der Waals surface area contributed by atoms with Gasteiger partial charge in [-0.05, 0) is 83.5 Å². The molecule has 0 heterocycles. The van der Waals surface area contributed by atoms with Gasteiger partial charge in [0, 0.05) is 19.4 Å². The molecule has 0 saturated heterocycles. The summed E-state index contributed by atoms with van der Waals surface area (Å²) < 4.78 is 33.1. The third-order valence-electron chi connectivity index (χ3n) is 13.6. The van der Waals surface area contributed by atoms with Crippen LogP contribution in [0.1, 0.15) is 296 Å². The number of phosphoric ester groups is 1. The monoisotopic (exact) mass is 1070 g/mol. The number of esters is 2. The van der Waals surface area contributed by atoms with E-state index in [-0.39, 0.29) is 38.6 Å². The number of allylic oxidation sites excluding steroid dienone is 12. The lowest BCUT2D eigenvalue weighted by Crippen LogP contribution is -2.29. The lowest BCUT2D eigenvalue weighted by Gasteiger charge is -2.19. The van der Waals surface area contributed by atoms with Crippen molar-refractivity contribution in [3.8, 4) is 0 Å². The first-order valence-corrected chi connectivity index (χ1v) is 32.9. The molecule has 75 heavy (non-hydrogen) atoms. The number of ether oxygens (including phenoxy) is 2. The standard InChI is InChI=1S/C65H118NO8P/c1-3-5-7-9-11-13-15-17-19-21-22-23-24-25-26-27-28-29-30-31-32-33-34-35-36-37-38-39-40-42-44-46-48-50-52-54-56-58-65(68)74-63(62-73-75(69,70)72-60-59-66)61-71-64(67)57-55-53-51-49-47-45-43-41-20-18-16-14-12-10-8-6-4-2/h5,7,11,13,17-20,22-23,25-26,63H,3-4,6,8-10,12,14-16,21,24,27-62,66H2,1-2H3,(H,69,70)/b7-5-,13-11-,19-17-,20-18-,23-22-,26-25-. The van der Waals surface area contributed by atoms with Crippen LogP contribution in [0.3, 0.4) is 0 Å². The molecule has 0 amide bonds. The zero-order chi connectivity index (χ0) is 54.5. The first-order chi connectivity index (χ1) is 36.8. The third-order valence-corrected chi connectivity index (χ3v) is 14.6. The summed E-state index contributed by atoms with van der Waals surface area (Å²) in [6.45, 7) is 3.65. The number of unbranched alkanes of at least 4 members (excludes halogenated alkanes) is 34. The average molecular weight is 1070 g/mol. The molecule has 0 spiro atoms.